The van der Waals surface area contributed by atoms with Crippen LogP contribution in [0.1, 0.15) is 63.6 Å². The lowest BCUT2D eigenvalue weighted by Crippen LogP contribution is -2.35. The number of aryl methyl sites for hydroxylation is 2. The molecule has 0 spiro atoms. The molecule has 3 heterocycles. The van der Waals surface area contributed by atoms with E-state index in [1.165, 1.54) is 19.3 Å². The van der Waals surface area contributed by atoms with Crippen LogP contribution in [0.2, 0.25) is 0 Å². The van der Waals surface area contributed by atoms with Gasteiger partial charge < -0.3 is 9.47 Å². The van der Waals surface area contributed by atoms with Gasteiger partial charge in [-0.05, 0) is 43.9 Å². The van der Waals surface area contributed by atoms with Crippen molar-refractivity contribution in [2.24, 2.45) is 7.05 Å². The molecule has 31 heavy (non-hydrogen) atoms. The third kappa shape index (κ3) is 4.95. The molecule has 0 bridgehead atoms. The number of aromatic nitrogens is 2. The Kier molecular flexibility index (Phi) is 6.96. The van der Waals surface area contributed by atoms with E-state index in [2.05, 4.69) is 0 Å². The van der Waals surface area contributed by atoms with Gasteiger partial charge in [-0.2, -0.15) is 4.31 Å². The second kappa shape index (κ2) is 9.69. The zero-order valence-electron chi connectivity index (χ0n) is 18.6. The van der Waals surface area contributed by atoms with Crippen LogP contribution in [-0.4, -0.2) is 59.3 Å². The van der Waals surface area contributed by atoms with Crippen LogP contribution in [0.15, 0.2) is 23.1 Å². The lowest BCUT2D eigenvalue weighted by Gasteiger charge is -2.25. The third-order valence-electron chi connectivity index (χ3n) is 6.67. The summed E-state index contributed by atoms with van der Waals surface area (Å²) in [5, 5.41) is 0. The minimum Gasteiger partial charge on any atom is -0.343 e. The Morgan fingerprint density at radius 2 is 1.55 bits per heavy atom. The number of carbonyl (C=O) groups excluding carboxylic acids is 1. The number of likely N-dealkylation sites (tertiary alicyclic amines) is 1. The first-order valence-corrected chi connectivity index (χ1v) is 13.1. The van der Waals surface area contributed by atoms with E-state index in [9.17, 15) is 13.2 Å². The monoisotopic (exact) mass is 446 g/mol. The second-order valence-corrected chi connectivity index (χ2v) is 10.8. The van der Waals surface area contributed by atoms with Crippen molar-refractivity contribution in [1.29, 1.82) is 0 Å². The Bertz CT molecular complexity index is 1020. The number of imidazole rings is 1. The van der Waals surface area contributed by atoms with Gasteiger partial charge in [0.1, 0.15) is 5.82 Å². The van der Waals surface area contributed by atoms with Crippen LogP contribution in [0, 0.1) is 0 Å². The molecule has 4 rings (SSSR count). The van der Waals surface area contributed by atoms with Crippen molar-refractivity contribution in [2.75, 3.05) is 26.2 Å². The lowest BCUT2D eigenvalue weighted by molar-refractivity contribution is -0.131. The van der Waals surface area contributed by atoms with Crippen LogP contribution in [0.25, 0.3) is 11.0 Å². The number of hydrogen-bond donors (Lipinski definition) is 0. The SMILES string of the molecule is Cn1c(CCC(=O)N2CCCCCCC2)nc2cc(S(=O)(=O)N3CCCCC3)ccc21. The zero-order chi connectivity index (χ0) is 21.8. The first-order chi connectivity index (χ1) is 15.0. The van der Waals surface area contributed by atoms with Gasteiger partial charge in [-0.15, -0.1) is 0 Å². The topological polar surface area (TPSA) is 75.5 Å². The maximum absolute atomic E-state index is 13.0. The van der Waals surface area contributed by atoms with Gasteiger partial charge in [0, 0.05) is 46.1 Å². The van der Waals surface area contributed by atoms with Crippen molar-refractivity contribution < 1.29 is 13.2 Å². The maximum Gasteiger partial charge on any atom is 0.243 e. The zero-order valence-corrected chi connectivity index (χ0v) is 19.4. The number of amides is 1. The van der Waals surface area contributed by atoms with Crippen molar-refractivity contribution in [3.8, 4) is 0 Å². The van der Waals surface area contributed by atoms with Gasteiger partial charge in [0.2, 0.25) is 15.9 Å². The molecule has 0 radical (unpaired) electrons. The molecule has 0 saturated carbocycles. The van der Waals surface area contributed by atoms with Gasteiger partial charge in [-0.25, -0.2) is 13.4 Å². The number of sulfonamides is 1. The predicted octanol–water partition coefficient (Wildman–Crippen LogP) is 3.47. The molecule has 7 nitrogen and oxygen atoms in total. The summed E-state index contributed by atoms with van der Waals surface area (Å²) in [6.45, 7) is 2.90. The molecular formula is C23H34N4O3S. The van der Waals surface area contributed by atoms with Crippen LogP contribution in [0.4, 0.5) is 0 Å². The van der Waals surface area contributed by atoms with E-state index in [4.69, 9.17) is 4.98 Å². The van der Waals surface area contributed by atoms with Crippen molar-refractivity contribution in [1.82, 2.24) is 18.8 Å². The Balaban J connectivity index is 1.48. The van der Waals surface area contributed by atoms with E-state index < -0.39 is 10.0 Å². The first kappa shape index (κ1) is 22.3. The molecule has 0 unspecified atom stereocenters. The predicted molar refractivity (Wildman–Crippen MR) is 121 cm³/mol. The molecule has 0 N–H and O–H groups in total. The molecule has 0 aliphatic carbocycles. The molecule has 2 saturated heterocycles. The highest BCUT2D eigenvalue weighted by molar-refractivity contribution is 7.89. The molecule has 2 fully saturated rings. The molecule has 0 atom stereocenters. The molecule has 2 aromatic rings. The number of carbonyl (C=O) groups is 1. The minimum atomic E-state index is -3.48. The molecule has 1 aromatic heterocycles. The summed E-state index contributed by atoms with van der Waals surface area (Å²) >= 11 is 0. The molecule has 170 valence electrons. The van der Waals surface area contributed by atoms with Crippen molar-refractivity contribution in [2.45, 2.75) is 69.1 Å². The average molecular weight is 447 g/mol. The number of hydrogen-bond acceptors (Lipinski definition) is 4. The number of benzene rings is 1. The fourth-order valence-electron chi connectivity index (χ4n) is 4.74. The van der Waals surface area contributed by atoms with Gasteiger partial charge in [-0.1, -0.05) is 25.7 Å². The molecule has 1 amide bonds. The summed E-state index contributed by atoms with van der Waals surface area (Å²) in [5.74, 6) is 1.02. The standard InChI is InChI=1S/C23H34N4O3S/c1-25-21-11-10-19(31(29,30)27-16-8-5-9-17-27)18-20(21)24-22(25)12-13-23(28)26-14-6-3-2-4-7-15-26/h10-11,18H,2-9,12-17H2,1H3. The number of piperidine rings is 1. The Morgan fingerprint density at radius 3 is 2.26 bits per heavy atom. The highest BCUT2D eigenvalue weighted by Crippen LogP contribution is 2.25. The normalized spacial score (nSPS) is 19.3. The number of fused-ring (bicyclic) bond motifs is 1. The van der Waals surface area contributed by atoms with E-state index in [1.54, 1.807) is 16.4 Å². The Labute approximate surface area is 185 Å². The summed E-state index contributed by atoms with van der Waals surface area (Å²) in [7, 11) is -1.55. The van der Waals surface area contributed by atoms with E-state index in [-0.39, 0.29) is 5.91 Å². The van der Waals surface area contributed by atoms with Gasteiger partial charge in [0.05, 0.1) is 15.9 Å². The second-order valence-electron chi connectivity index (χ2n) is 8.85. The van der Waals surface area contributed by atoms with Crippen LogP contribution < -0.4 is 0 Å². The Morgan fingerprint density at radius 1 is 0.935 bits per heavy atom. The maximum atomic E-state index is 13.0. The van der Waals surface area contributed by atoms with E-state index >= 15 is 0 Å². The molecule has 2 aliphatic rings. The van der Waals surface area contributed by atoms with Crippen LogP contribution in [-0.2, 0) is 28.3 Å². The number of nitrogens with zero attached hydrogens (tertiary/aromatic N) is 4. The third-order valence-corrected chi connectivity index (χ3v) is 8.56. The van der Waals surface area contributed by atoms with Crippen LogP contribution in [0.5, 0.6) is 0 Å². The summed E-state index contributed by atoms with van der Waals surface area (Å²) in [6, 6.07) is 5.20. The summed E-state index contributed by atoms with van der Waals surface area (Å²) in [5.41, 5.74) is 1.57. The van der Waals surface area contributed by atoms with Gasteiger partial charge >= 0.3 is 0 Å². The smallest absolute Gasteiger partial charge is 0.243 e. The fourth-order valence-corrected chi connectivity index (χ4v) is 6.28. The van der Waals surface area contributed by atoms with Crippen LogP contribution in [0.3, 0.4) is 0 Å². The molecular weight excluding hydrogens is 412 g/mol. The number of rotatable bonds is 5. The first-order valence-electron chi connectivity index (χ1n) is 11.7. The average Bonchev–Trinajstić information content (AvgIpc) is 3.07. The van der Waals surface area contributed by atoms with Crippen LogP contribution >= 0.6 is 0 Å². The largest absolute Gasteiger partial charge is 0.343 e. The summed E-state index contributed by atoms with van der Waals surface area (Å²) in [4.78, 5) is 19.7. The molecule has 2 aliphatic heterocycles. The summed E-state index contributed by atoms with van der Waals surface area (Å²) < 4.78 is 29.6. The van der Waals surface area contributed by atoms with Gasteiger partial charge in [0.25, 0.3) is 0 Å². The highest BCUT2D eigenvalue weighted by Gasteiger charge is 2.26. The van der Waals surface area contributed by atoms with Crippen molar-refractivity contribution in [3.63, 3.8) is 0 Å². The van der Waals surface area contributed by atoms with E-state index in [0.29, 0.717) is 36.3 Å². The highest BCUT2D eigenvalue weighted by atomic mass is 32.2. The fraction of sp³-hybridized carbons (Fsp3) is 0.652. The quantitative estimate of drug-likeness (QED) is 0.705. The lowest BCUT2D eigenvalue weighted by atomic mass is 10.1. The van der Waals surface area contributed by atoms with Gasteiger partial charge in [-0.3, -0.25) is 4.79 Å². The Hall–Kier alpha value is -1.93. The van der Waals surface area contributed by atoms with Gasteiger partial charge in [0.15, 0.2) is 0 Å². The summed E-state index contributed by atoms with van der Waals surface area (Å²) in [6.07, 6.45) is 9.79. The van der Waals surface area contributed by atoms with Crippen molar-refractivity contribution in [3.05, 3.63) is 24.0 Å². The van der Waals surface area contributed by atoms with Crippen molar-refractivity contribution >= 4 is 27.0 Å². The van der Waals surface area contributed by atoms with E-state index in [1.807, 2.05) is 22.6 Å². The molecule has 8 heteroatoms. The van der Waals surface area contributed by atoms with E-state index in [0.717, 1.165) is 56.5 Å². The minimum absolute atomic E-state index is 0.197. The molecule has 1 aromatic carbocycles.